The van der Waals surface area contributed by atoms with E-state index in [0.29, 0.717) is 11.0 Å². The second-order valence-corrected chi connectivity index (χ2v) is 6.67. The first kappa shape index (κ1) is 20.7. The van der Waals surface area contributed by atoms with E-state index in [1.54, 1.807) is 6.92 Å². The number of aryl methyl sites for hydroxylation is 2. The monoisotopic (exact) mass is 413 g/mol. The largest absolute Gasteiger partial charge is 0.463 e. The van der Waals surface area contributed by atoms with Gasteiger partial charge in [-0.1, -0.05) is 0 Å². The van der Waals surface area contributed by atoms with Crippen molar-refractivity contribution >= 4 is 22.7 Å². The van der Waals surface area contributed by atoms with Crippen molar-refractivity contribution in [3.63, 3.8) is 0 Å². The van der Waals surface area contributed by atoms with Gasteiger partial charge in [0.2, 0.25) is 5.88 Å². The summed E-state index contributed by atoms with van der Waals surface area (Å²) in [7, 11) is 3.02. The highest BCUT2D eigenvalue weighted by Crippen LogP contribution is 2.44. The molecule has 0 spiro atoms. The van der Waals surface area contributed by atoms with Crippen molar-refractivity contribution < 1.29 is 19.2 Å². The number of nitrogens with zero attached hydrogens (tertiary/aromatic N) is 4. The molecule has 156 valence electrons. The fourth-order valence-corrected chi connectivity index (χ4v) is 3.61. The van der Waals surface area contributed by atoms with Gasteiger partial charge in [-0.3, -0.25) is 19.2 Å². The lowest BCUT2D eigenvalue weighted by Crippen LogP contribution is -2.26. The lowest BCUT2D eigenvalue weighted by Gasteiger charge is -2.26. The molecule has 0 fully saturated rings. The maximum absolute atomic E-state index is 12.7. The van der Waals surface area contributed by atoms with Crippen LogP contribution in [0.4, 0.5) is 5.69 Å². The van der Waals surface area contributed by atoms with Gasteiger partial charge in [0.25, 0.3) is 5.69 Å². The van der Waals surface area contributed by atoms with E-state index in [2.05, 4.69) is 0 Å². The maximum atomic E-state index is 12.7. The minimum atomic E-state index is -1.19. The minimum absolute atomic E-state index is 0.0268. The maximum Gasteiger partial charge on any atom is 0.338 e. The average molecular weight is 413 g/mol. The van der Waals surface area contributed by atoms with Gasteiger partial charge < -0.3 is 15.2 Å². The smallest absolute Gasteiger partial charge is 0.338 e. The predicted molar refractivity (Wildman–Crippen MR) is 105 cm³/mol. The zero-order valence-corrected chi connectivity index (χ0v) is 16.8. The van der Waals surface area contributed by atoms with Gasteiger partial charge >= 0.3 is 11.7 Å². The summed E-state index contributed by atoms with van der Waals surface area (Å²) in [5, 5.41) is 21.6. The number of hydrogen-bond acceptors (Lipinski definition) is 8. The Bertz CT molecular complexity index is 1260. The number of nitro benzene ring substituents is 1. The van der Waals surface area contributed by atoms with Crippen molar-refractivity contribution in [3.05, 3.63) is 61.1 Å². The van der Waals surface area contributed by atoms with Crippen LogP contribution in [0.5, 0.6) is 0 Å². The van der Waals surface area contributed by atoms with Crippen molar-refractivity contribution in [3.8, 4) is 6.07 Å². The van der Waals surface area contributed by atoms with E-state index < -0.39 is 16.8 Å². The van der Waals surface area contributed by atoms with Gasteiger partial charge in [0.05, 0.1) is 34.1 Å². The summed E-state index contributed by atoms with van der Waals surface area (Å²) in [6.45, 7) is 3.12. The quantitative estimate of drug-likeness (QED) is 0.448. The zero-order chi connectivity index (χ0) is 22.3. The van der Waals surface area contributed by atoms with Crippen molar-refractivity contribution in [2.45, 2.75) is 19.8 Å². The molecule has 0 bridgehead atoms. The van der Waals surface area contributed by atoms with E-state index in [1.807, 2.05) is 6.07 Å². The molecular weight excluding hydrogens is 394 g/mol. The van der Waals surface area contributed by atoms with E-state index in [-0.39, 0.29) is 46.3 Å². The topological polar surface area (TPSA) is 155 Å². The highest BCUT2D eigenvalue weighted by molar-refractivity contribution is 5.93. The summed E-state index contributed by atoms with van der Waals surface area (Å²) < 4.78 is 13.0. The Morgan fingerprint density at radius 2 is 1.97 bits per heavy atom. The molecule has 1 aromatic heterocycles. The lowest BCUT2D eigenvalue weighted by molar-refractivity contribution is -0.385. The zero-order valence-electron chi connectivity index (χ0n) is 16.8. The number of carbonyl (C=O) groups excluding carboxylic acids is 1. The Labute approximate surface area is 170 Å². The van der Waals surface area contributed by atoms with Gasteiger partial charge in [0.1, 0.15) is 17.4 Å². The third-order valence-electron chi connectivity index (χ3n) is 5.03. The number of nitriles is 1. The van der Waals surface area contributed by atoms with Crippen LogP contribution in [0, 0.1) is 21.4 Å². The van der Waals surface area contributed by atoms with Crippen molar-refractivity contribution in [2.75, 3.05) is 6.61 Å². The summed E-state index contributed by atoms with van der Waals surface area (Å²) in [5.41, 5.74) is 5.64. The van der Waals surface area contributed by atoms with E-state index in [0.717, 1.165) is 0 Å². The molecule has 0 saturated heterocycles. The van der Waals surface area contributed by atoms with Gasteiger partial charge in [-0.25, -0.2) is 9.59 Å². The summed E-state index contributed by atoms with van der Waals surface area (Å²) >= 11 is 0. The van der Waals surface area contributed by atoms with E-state index >= 15 is 0 Å². The summed E-state index contributed by atoms with van der Waals surface area (Å²) in [4.78, 5) is 36.2. The number of imidazole rings is 1. The summed E-state index contributed by atoms with van der Waals surface area (Å²) in [6.07, 6.45) is 0. The fourth-order valence-electron chi connectivity index (χ4n) is 3.61. The molecule has 2 heterocycles. The molecule has 0 aliphatic carbocycles. The number of aromatic nitrogens is 2. The first-order chi connectivity index (χ1) is 14.1. The van der Waals surface area contributed by atoms with Gasteiger partial charge in [-0.2, -0.15) is 5.26 Å². The molecule has 1 atom stereocenters. The summed E-state index contributed by atoms with van der Waals surface area (Å²) in [5.74, 6) is -2.16. The third-order valence-corrected chi connectivity index (χ3v) is 5.03. The number of nitro groups is 1. The van der Waals surface area contributed by atoms with Gasteiger partial charge in [0.15, 0.2) is 0 Å². The van der Waals surface area contributed by atoms with E-state index in [4.69, 9.17) is 15.2 Å². The number of hydrogen-bond donors (Lipinski definition) is 1. The normalized spacial score (nSPS) is 16.4. The van der Waals surface area contributed by atoms with Crippen LogP contribution in [0.1, 0.15) is 25.3 Å². The van der Waals surface area contributed by atoms with Crippen LogP contribution >= 0.6 is 0 Å². The SMILES string of the molecule is CCOC(=O)C1=C(C)OC(N)=C(C#N)C1c1cc2c(cc1[N+](=O)[O-])n(C)c(=O)n2C. The minimum Gasteiger partial charge on any atom is -0.463 e. The van der Waals surface area contributed by atoms with Crippen molar-refractivity contribution in [2.24, 2.45) is 19.8 Å². The number of rotatable bonds is 4. The van der Waals surface area contributed by atoms with Crippen LogP contribution in [0.2, 0.25) is 0 Å². The van der Waals surface area contributed by atoms with Crippen LogP contribution in [0.25, 0.3) is 11.0 Å². The molecule has 0 amide bonds. The number of ether oxygens (including phenoxy) is 2. The van der Waals surface area contributed by atoms with Crippen LogP contribution in [0.3, 0.4) is 0 Å². The molecule has 1 aromatic carbocycles. The Hall–Kier alpha value is -4.07. The molecule has 1 aliphatic rings. The first-order valence-electron chi connectivity index (χ1n) is 8.93. The van der Waals surface area contributed by atoms with Crippen LogP contribution in [-0.2, 0) is 28.4 Å². The molecule has 3 rings (SSSR count). The number of fused-ring (bicyclic) bond motifs is 1. The Balaban J connectivity index is 2.43. The number of benzene rings is 1. The molecule has 1 aliphatic heterocycles. The average Bonchev–Trinajstić information content (AvgIpc) is 2.90. The van der Waals surface area contributed by atoms with Crippen LogP contribution < -0.4 is 11.4 Å². The van der Waals surface area contributed by atoms with Gasteiger partial charge in [0, 0.05) is 25.7 Å². The molecule has 2 N–H and O–H groups in total. The molecular formula is C19H19N5O6. The second kappa shape index (κ2) is 7.40. The van der Waals surface area contributed by atoms with Gasteiger partial charge in [-0.05, 0) is 19.9 Å². The first-order valence-corrected chi connectivity index (χ1v) is 8.93. The highest BCUT2D eigenvalue weighted by Gasteiger charge is 2.40. The van der Waals surface area contributed by atoms with Gasteiger partial charge in [-0.15, -0.1) is 0 Å². The fraction of sp³-hybridized carbons (Fsp3) is 0.316. The van der Waals surface area contributed by atoms with E-state index in [1.165, 1.54) is 42.3 Å². The molecule has 0 saturated carbocycles. The van der Waals surface area contributed by atoms with Crippen LogP contribution in [-0.4, -0.2) is 26.6 Å². The predicted octanol–water partition coefficient (Wildman–Crippen LogP) is 1.43. The second-order valence-electron chi connectivity index (χ2n) is 6.67. The molecule has 0 radical (unpaired) electrons. The Morgan fingerprint density at radius 1 is 1.37 bits per heavy atom. The molecule has 11 heteroatoms. The number of nitrogens with two attached hydrogens (primary N) is 1. The highest BCUT2D eigenvalue weighted by atomic mass is 16.6. The third kappa shape index (κ3) is 2.98. The van der Waals surface area contributed by atoms with E-state index in [9.17, 15) is 25.0 Å². The van der Waals surface area contributed by atoms with Crippen LogP contribution in [0.15, 0.2) is 39.7 Å². The lowest BCUT2D eigenvalue weighted by atomic mass is 9.82. The summed E-state index contributed by atoms with van der Waals surface area (Å²) in [6, 6.07) is 4.55. The number of carbonyl (C=O) groups is 1. The Kier molecular flexibility index (Phi) is 5.09. The molecule has 30 heavy (non-hydrogen) atoms. The Morgan fingerprint density at radius 3 is 2.50 bits per heavy atom. The molecule has 2 aromatic rings. The number of esters is 1. The molecule has 1 unspecified atom stereocenters. The standard InChI is InChI=1S/C19H19N5O6/c1-5-29-18(25)15-9(2)30-17(21)11(8-20)16(15)10-6-13-14(7-12(10)24(27)28)23(4)19(26)22(13)3/h6-7,16H,5,21H2,1-4H3. The molecule has 11 nitrogen and oxygen atoms in total. The number of allylic oxidation sites excluding steroid dienone is 2. The van der Waals surface area contributed by atoms with Crippen molar-refractivity contribution in [1.82, 2.24) is 9.13 Å². The van der Waals surface area contributed by atoms with Crippen molar-refractivity contribution in [1.29, 1.82) is 5.26 Å².